The molecule has 1 unspecified atom stereocenters. The van der Waals surface area contributed by atoms with Crippen LogP contribution in [0.5, 0.6) is 0 Å². The largest absolute Gasteiger partial charge is 0.325 e. The fourth-order valence-electron chi connectivity index (χ4n) is 1.57. The van der Waals surface area contributed by atoms with Crippen LogP contribution in [0.15, 0.2) is 11.3 Å². The van der Waals surface area contributed by atoms with Crippen molar-refractivity contribution in [2.75, 3.05) is 13.1 Å². The molecule has 0 aromatic carbocycles. The van der Waals surface area contributed by atoms with Gasteiger partial charge in [-0.15, -0.1) is 0 Å². The average Bonchev–Trinajstić information content (AvgIpc) is 2.54. The van der Waals surface area contributed by atoms with E-state index in [2.05, 4.69) is 16.2 Å². The molecule has 0 saturated carbocycles. The van der Waals surface area contributed by atoms with E-state index >= 15 is 0 Å². The molecular weight excluding hydrogens is 161 g/mol. The van der Waals surface area contributed by atoms with Crippen molar-refractivity contribution in [2.45, 2.75) is 12.2 Å². The van der Waals surface area contributed by atoms with Crippen LogP contribution in [0.25, 0.3) is 0 Å². The van der Waals surface area contributed by atoms with Gasteiger partial charge in [0.1, 0.15) is 0 Å². The van der Waals surface area contributed by atoms with Gasteiger partial charge in [-0.2, -0.15) is 0 Å². The van der Waals surface area contributed by atoms with Gasteiger partial charge in [0, 0.05) is 30.8 Å². The lowest BCUT2D eigenvalue weighted by atomic mass is 9.99. The monoisotopic (exact) mass is 171 g/mol. The van der Waals surface area contributed by atoms with Gasteiger partial charge in [-0.1, -0.05) is 0 Å². The van der Waals surface area contributed by atoms with E-state index in [1.54, 1.807) is 0 Å². The Morgan fingerprint density at radius 2 is 2.42 bits per heavy atom. The first-order chi connectivity index (χ1) is 5.76. The molecule has 2 aliphatic heterocycles. The molecule has 1 atom stereocenters. The zero-order chi connectivity index (χ0) is 8.60. The molecule has 0 amide bonds. The summed E-state index contributed by atoms with van der Waals surface area (Å²) in [6.07, 6.45) is 1.05. The van der Waals surface area contributed by atoms with Crippen molar-refractivity contribution in [3.05, 3.63) is 11.3 Å². The quantitative estimate of drug-likeness (QED) is 0.357. The van der Waals surface area contributed by atoms with E-state index in [0.717, 1.165) is 12.1 Å². The second kappa shape index (κ2) is 2.53. The van der Waals surface area contributed by atoms with E-state index in [1.807, 2.05) is 0 Å². The van der Waals surface area contributed by atoms with Gasteiger partial charge in [-0.3, -0.25) is 10.1 Å². The second-order valence-electron chi connectivity index (χ2n) is 2.94. The van der Waals surface area contributed by atoms with Crippen molar-refractivity contribution in [3.8, 4) is 0 Å². The molecule has 12 heavy (non-hydrogen) atoms. The van der Waals surface area contributed by atoms with Crippen LogP contribution in [-0.4, -0.2) is 25.2 Å². The van der Waals surface area contributed by atoms with Crippen molar-refractivity contribution in [1.29, 1.82) is 0 Å². The van der Waals surface area contributed by atoms with Crippen molar-refractivity contribution >= 4 is 6.29 Å². The highest BCUT2D eigenvalue weighted by atomic mass is 19.1. The van der Waals surface area contributed by atoms with Crippen molar-refractivity contribution in [3.63, 3.8) is 0 Å². The standard InChI is InChI=1S/C7H10FN3O/c8-7(4-12)5-3-10-11-6(5)1-2-9-7/h4,9-11H,1-3H2. The summed E-state index contributed by atoms with van der Waals surface area (Å²) in [5.41, 5.74) is 6.93. The second-order valence-corrected chi connectivity index (χ2v) is 2.94. The Balaban J connectivity index is 2.36. The normalized spacial score (nSPS) is 34.4. The minimum Gasteiger partial charge on any atom is -0.325 e. The summed E-state index contributed by atoms with van der Waals surface area (Å²) in [6.45, 7) is 0.875. The first kappa shape index (κ1) is 7.70. The van der Waals surface area contributed by atoms with Crippen molar-refractivity contribution in [2.24, 2.45) is 0 Å². The number of rotatable bonds is 1. The third kappa shape index (κ3) is 0.937. The van der Waals surface area contributed by atoms with Gasteiger partial charge in [0.15, 0.2) is 6.29 Å². The Labute approximate surface area is 69.2 Å². The van der Waals surface area contributed by atoms with Gasteiger partial charge >= 0.3 is 0 Å². The molecule has 2 heterocycles. The van der Waals surface area contributed by atoms with Gasteiger partial charge < -0.3 is 5.43 Å². The zero-order valence-corrected chi connectivity index (χ0v) is 6.48. The Morgan fingerprint density at radius 1 is 1.58 bits per heavy atom. The molecule has 0 fully saturated rings. The third-order valence-electron chi connectivity index (χ3n) is 2.23. The number of carbonyl (C=O) groups excluding carboxylic acids is 1. The molecule has 2 rings (SSSR count). The summed E-state index contributed by atoms with van der Waals surface area (Å²) in [5.74, 6) is -1.95. The third-order valence-corrected chi connectivity index (χ3v) is 2.23. The Kier molecular flexibility index (Phi) is 1.62. The minimum absolute atomic E-state index is 0.316. The lowest BCUT2D eigenvalue weighted by Gasteiger charge is -2.26. The van der Waals surface area contributed by atoms with Crippen molar-refractivity contribution in [1.82, 2.24) is 16.2 Å². The average molecular weight is 171 g/mol. The number of halogens is 1. The van der Waals surface area contributed by atoms with Gasteiger partial charge in [-0.25, -0.2) is 9.82 Å². The maximum atomic E-state index is 13.6. The fraction of sp³-hybridized carbons (Fsp3) is 0.571. The highest BCUT2D eigenvalue weighted by molar-refractivity contribution is 5.69. The molecule has 2 aliphatic rings. The smallest absolute Gasteiger partial charge is 0.242 e. The molecule has 0 aromatic heterocycles. The fourth-order valence-corrected chi connectivity index (χ4v) is 1.57. The predicted molar refractivity (Wildman–Crippen MR) is 40.7 cm³/mol. The highest BCUT2D eigenvalue weighted by Crippen LogP contribution is 2.26. The van der Waals surface area contributed by atoms with Gasteiger partial charge in [-0.05, 0) is 0 Å². The SMILES string of the molecule is O=CC1(F)NCCC2=C1CNN2. The van der Waals surface area contributed by atoms with Gasteiger partial charge in [0.25, 0.3) is 0 Å². The number of nitrogens with one attached hydrogen (secondary N) is 3. The highest BCUT2D eigenvalue weighted by Gasteiger charge is 2.40. The minimum atomic E-state index is -1.95. The first-order valence-electron chi connectivity index (χ1n) is 3.88. The molecule has 0 saturated heterocycles. The van der Waals surface area contributed by atoms with Gasteiger partial charge in [0.2, 0.25) is 5.79 Å². The van der Waals surface area contributed by atoms with Crippen LogP contribution in [0, 0.1) is 0 Å². The number of alkyl halides is 1. The summed E-state index contributed by atoms with van der Waals surface area (Å²) in [4.78, 5) is 10.5. The van der Waals surface area contributed by atoms with E-state index in [0.29, 0.717) is 24.9 Å². The molecule has 0 bridgehead atoms. The summed E-state index contributed by atoms with van der Waals surface area (Å²) >= 11 is 0. The Hall–Kier alpha value is -0.940. The number of hydrazine groups is 1. The zero-order valence-electron chi connectivity index (χ0n) is 6.48. The molecule has 4 nitrogen and oxygen atoms in total. The maximum absolute atomic E-state index is 13.6. The van der Waals surface area contributed by atoms with Crippen LogP contribution in [0.1, 0.15) is 6.42 Å². The van der Waals surface area contributed by atoms with Crippen LogP contribution in [-0.2, 0) is 4.79 Å². The summed E-state index contributed by atoms with van der Waals surface area (Å²) in [5, 5.41) is 2.54. The molecule has 0 aromatic rings. The van der Waals surface area contributed by atoms with E-state index < -0.39 is 5.79 Å². The van der Waals surface area contributed by atoms with Gasteiger partial charge in [0.05, 0.1) is 0 Å². The van der Waals surface area contributed by atoms with Crippen LogP contribution in [0.2, 0.25) is 0 Å². The molecule has 66 valence electrons. The molecule has 0 spiro atoms. The Bertz CT molecular complexity index is 253. The Morgan fingerprint density at radius 3 is 3.17 bits per heavy atom. The predicted octanol–water partition coefficient (Wildman–Crippen LogP) is -0.794. The molecule has 0 aliphatic carbocycles. The van der Waals surface area contributed by atoms with Crippen LogP contribution in [0.4, 0.5) is 4.39 Å². The summed E-state index contributed by atoms with van der Waals surface area (Å²) < 4.78 is 13.6. The number of hydrogen-bond acceptors (Lipinski definition) is 4. The lowest BCUT2D eigenvalue weighted by Crippen LogP contribution is -2.48. The molecule has 0 radical (unpaired) electrons. The van der Waals surface area contributed by atoms with Crippen LogP contribution in [0.3, 0.4) is 0 Å². The van der Waals surface area contributed by atoms with Crippen LogP contribution >= 0.6 is 0 Å². The van der Waals surface area contributed by atoms with Crippen molar-refractivity contribution < 1.29 is 9.18 Å². The van der Waals surface area contributed by atoms with E-state index in [-0.39, 0.29) is 0 Å². The lowest BCUT2D eigenvalue weighted by molar-refractivity contribution is -0.117. The number of hydrogen-bond donors (Lipinski definition) is 3. The molecule has 5 heteroatoms. The summed E-state index contributed by atoms with van der Waals surface area (Å²) in [6, 6.07) is 0. The van der Waals surface area contributed by atoms with E-state index in [9.17, 15) is 9.18 Å². The van der Waals surface area contributed by atoms with Crippen LogP contribution < -0.4 is 16.2 Å². The first-order valence-corrected chi connectivity index (χ1v) is 3.88. The maximum Gasteiger partial charge on any atom is 0.242 e. The van der Waals surface area contributed by atoms with E-state index in [4.69, 9.17) is 0 Å². The molecule has 3 N–H and O–H groups in total. The molecular formula is C7H10FN3O. The summed E-state index contributed by atoms with van der Waals surface area (Å²) in [7, 11) is 0. The topological polar surface area (TPSA) is 53.2 Å². The number of carbonyl (C=O) groups is 1. The number of aldehydes is 1. The van der Waals surface area contributed by atoms with E-state index in [1.165, 1.54) is 0 Å².